The summed E-state index contributed by atoms with van der Waals surface area (Å²) in [6.07, 6.45) is 0. The molecule has 2 heterocycles. The highest BCUT2D eigenvalue weighted by Crippen LogP contribution is 2.38. The second-order valence-corrected chi connectivity index (χ2v) is 12.1. The lowest BCUT2D eigenvalue weighted by atomic mass is 9.98. The Bertz CT molecular complexity index is 2600. The van der Waals surface area contributed by atoms with E-state index in [0.29, 0.717) is 17.5 Å². The summed E-state index contributed by atoms with van der Waals surface area (Å²) in [7, 11) is 0. The molecule has 0 radical (unpaired) electrons. The molecule has 0 atom stereocenters. The van der Waals surface area contributed by atoms with Gasteiger partial charge < -0.3 is 4.42 Å². The summed E-state index contributed by atoms with van der Waals surface area (Å²) in [5, 5.41) is 4.58. The summed E-state index contributed by atoms with van der Waals surface area (Å²) in [6.45, 7) is 2.09. The van der Waals surface area contributed by atoms with Crippen molar-refractivity contribution in [3.05, 3.63) is 163 Å². The van der Waals surface area contributed by atoms with Crippen LogP contribution in [0, 0.1) is 6.92 Å². The van der Waals surface area contributed by atoms with E-state index in [1.54, 1.807) is 0 Å². The Balaban J connectivity index is 1.15. The summed E-state index contributed by atoms with van der Waals surface area (Å²) < 4.78 is 6.28. The topological polar surface area (TPSA) is 51.8 Å². The molecule has 0 aliphatic heterocycles. The van der Waals surface area contributed by atoms with E-state index in [1.165, 1.54) is 10.9 Å². The molecule has 2 aromatic heterocycles. The number of aromatic nitrogens is 3. The summed E-state index contributed by atoms with van der Waals surface area (Å²) >= 11 is 0. The van der Waals surface area contributed by atoms with Crippen molar-refractivity contribution in [2.24, 2.45) is 0 Å². The second-order valence-electron chi connectivity index (χ2n) is 12.1. The smallest absolute Gasteiger partial charge is 0.164 e. The zero-order valence-corrected chi connectivity index (χ0v) is 26.3. The van der Waals surface area contributed by atoms with Gasteiger partial charge in [-0.2, -0.15) is 0 Å². The molecule has 0 N–H and O–H groups in total. The lowest BCUT2D eigenvalue weighted by Gasteiger charge is -2.10. The van der Waals surface area contributed by atoms with E-state index in [4.69, 9.17) is 19.4 Å². The number of rotatable bonds is 5. The summed E-state index contributed by atoms with van der Waals surface area (Å²) in [5.41, 5.74) is 10.3. The van der Waals surface area contributed by atoms with Crippen LogP contribution in [0.25, 0.3) is 89.1 Å². The molecule has 0 spiro atoms. The molecular weight excluding hydrogens is 587 g/mol. The molecule has 0 unspecified atom stereocenters. The Kier molecular flexibility index (Phi) is 6.65. The maximum absolute atomic E-state index is 6.28. The van der Waals surface area contributed by atoms with Gasteiger partial charge in [0.2, 0.25) is 0 Å². The van der Waals surface area contributed by atoms with Gasteiger partial charge in [0.25, 0.3) is 0 Å². The number of fused-ring (bicyclic) bond motifs is 4. The largest absolute Gasteiger partial charge is 0.456 e. The average molecular weight is 616 g/mol. The van der Waals surface area contributed by atoms with Gasteiger partial charge >= 0.3 is 0 Å². The first-order valence-electron chi connectivity index (χ1n) is 16.1. The number of benzene rings is 7. The number of para-hydroxylation sites is 1. The predicted molar refractivity (Wildman–Crippen MR) is 197 cm³/mol. The molecule has 9 aromatic rings. The van der Waals surface area contributed by atoms with Crippen molar-refractivity contribution in [1.29, 1.82) is 0 Å². The van der Waals surface area contributed by atoms with Gasteiger partial charge in [-0.15, -0.1) is 0 Å². The van der Waals surface area contributed by atoms with E-state index in [1.807, 2.05) is 12.1 Å². The molecule has 0 fully saturated rings. The molecule has 0 aliphatic rings. The molecule has 48 heavy (non-hydrogen) atoms. The Labute approximate surface area is 278 Å². The number of hydrogen-bond acceptors (Lipinski definition) is 4. The van der Waals surface area contributed by atoms with E-state index >= 15 is 0 Å². The van der Waals surface area contributed by atoms with E-state index in [-0.39, 0.29) is 0 Å². The van der Waals surface area contributed by atoms with Gasteiger partial charge in [-0.1, -0.05) is 146 Å². The van der Waals surface area contributed by atoms with E-state index in [9.17, 15) is 0 Å². The Morgan fingerprint density at radius 2 is 0.979 bits per heavy atom. The minimum absolute atomic E-state index is 0.629. The van der Waals surface area contributed by atoms with Crippen LogP contribution in [0.3, 0.4) is 0 Å². The molecule has 0 amide bonds. The van der Waals surface area contributed by atoms with Crippen LogP contribution in [0.1, 0.15) is 5.56 Å². The highest BCUT2D eigenvalue weighted by molar-refractivity contribution is 6.13. The van der Waals surface area contributed by atoms with Gasteiger partial charge in [-0.25, -0.2) is 15.0 Å². The Morgan fingerprint density at radius 3 is 1.71 bits per heavy atom. The zero-order valence-electron chi connectivity index (χ0n) is 26.3. The monoisotopic (exact) mass is 615 g/mol. The van der Waals surface area contributed by atoms with Crippen LogP contribution in [0.2, 0.25) is 0 Å². The van der Waals surface area contributed by atoms with Crippen LogP contribution >= 0.6 is 0 Å². The van der Waals surface area contributed by atoms with Gasteiger partial charge in [0, 0.05) is 27.5 Å². The average Bonchev–Trinajstić information content (AvgIpc) is 3.55. The van der Waals surface area contributed by atoms with E-state index in [0.717, 1.165) is 66.3 Å². The van der Waals surface area contributed by atoms with Gasteiger partial charge in [0.05, 0.1) is 0 Å². The quantitative estimate of drug-likeness (QED) is 0.193. The zero-order chi connectivity index (χ0) is 32.0. The number of nitrogens with zero attached hydrogens (tertiary/aromatic N) is 3. The third-order valence-electron chi connectivity index (χ3n) is 9.07. The molecule has 4 heteroatoms. The lowest BCUT2D eigenvalue weighted by molar-refractivity contribution is 0.666. The minimum atomic E-state index is 0.629. The van der Waals surface area contributed by atoms with Gasteiger partial charge in [-0.3, -0.25) is 0 Å². The maximum atomic E-state index is 6.28. The summed E-state index contributed by atoms with van der Waals surface area (Å²) in [5.74, 6) is 1.91. The Hall–Kier alpha value is -6.39. The van der Waals surface area contributed by atoms with Crippen molar-refractivity contribution in [3.8, 4) is 56.4 Å². The van der Waals surface area contributed by atoms with E-state index in [2.05, 4.69) is 153 Å². The molecule has 4 nitrogen and oxygen atoms in total. The lowest BCUT2D eigenvalue weighted by Crippen LogP contribution is -2.00. The van der Waals surface area contributed by atoms with Gasteiger partial charge in [0.15, 0.2) is 17.5 Å². The molecule has 0 saturated heterocycles. The van der Waals surface area contributed by atoms with Crippen LogP contribution < -0.4 is 0 Å². The fourth-order valence-corrected chi connectivity index (χ4v) is 6.56. The normalized spacial score (nSPS) is 11.4. The van der Waals surface area contributed by atoms with Crippen LogP contribution in [0.4, 0.5) is 0 Å². The highest BCUT2D eigenvalue weighted by Gasteiger charge is 2.16. The molecule has 0 aliphatic carbocycles. The first-order chi connectivity index (χ1) is 23.7. The van der Waals surface area contributed by atoms with Crippen molar-refractivity contribution in [1.82, 2.24) is 15.0 Å². The van der Waals surface area contributed by atoms with Crippen LogP contribution in [-0.4, -0.2) is 15.0 Å². The number of aryl methyl sites for hydroxylation is 1. The molecule has 0 saturated carbocycles. The van der Waals surface area contributed by atoms with Crippen molar-refractivity contribution in [3.63, 3.8) is 0 Å². The second kappa shape index (κ2) is 11.4. The van der Waals surface area contributed by atoms with Crippen LogP contribution in [-0.2, 0) is 0 Å². The summed E-state index contributed by atoms with van der Waals surface area (Å²) in [6, 6.07) is 54.6. The third-order valence-corrected chi connectivity index (χ3v) is 9.07. The molecule has 0 bridgehead atoms. The number of hydrogen-bond donors (Lipinski definition) is 0. The van der Waals surface area contributed by atoms with Crippen molar-refractivity contribution in [2.75, 3.05) is 0 Å². The van der Waals surface area contributed by atoms with E-state index < -0.39 is 0 Å². The predicted octanol–water partition coefficient (Wildman–Crippen LogP) is 11.6. The van der Waals surface area contributed by atoms with Gasteiger partial charge in [0.1, 0.15) is 11.2 Å². The molecule has 226 valence electrons. The molecule has 7 aromatic carbocycles. The van der Waals surface area contributed by atoms with Crippen molar-refractivity contribution >= 4 is 32.7 Å². The fourth-order valence-electron chi connectivity index (χ4n) is 6.56. The first kappa shape index (κ1) is 27.9. The Morgan fingerprint density at radius 1 is 0.417 bits per heavy atom. The van der Waals surface area contributed by atoms with Gasteiger partial charge in [-0.05, 0) is 57.6 Å². The molecular formula is C44H29N3O. The van der Waals surface area contributed by atoms with Crippen LogP contribution in [0.15, 0.2) is 162 Å². The standard InChI is InChI=1S/C44H29N3O/c1-28-9-7-15-38-40-37(14-8-16-39(40)48-41(28)38)32-20-24-34(25-21-32)43-45-42(33-22-17-31(18-23-33)29-10-3-2-4-11-29)46-44(47-43)36-26-19-30-12-5-6-13-35(30)27-36/h2-27H,1H3. The first-order valence-corrected chi connectivity index (χ1v) is 16.1. The van der Waals surface area contributed by atoms with Crippen LogP contribution in [0.5, 0.6) is 0 Å². The number of furan rings is 1. The molecule has 9 rings (SSSR count). The SMILES string of the molecule is Cc1cccc2c1oc1cccc(-c3ccc(-c4nc(-c5ccc(-c6ccccc6)cc5)nc(-c5ccc6ccccc6c5)n4)cc3)c12. The third kappa shape index (κ3) is 4.91. The van der Waals surface area contributed by atoms with Crippen molar-refractivity contribution < 1.29 is 4.42 Å². The fraction of sp³-hybridized carbons (Fsp3) is 0.0227. The summed E-state index contributed by atoms with van der Waals surface area (Å²) in [4.78, 5) is 15.1. The maximum Gasteiger partial charge on any atom is 0.164 e. The van der Waals surface area contributed by atoms with Crippen molar-refractivity contribution in [2.45, 2.75) is 6.92 Å². The minimum Gasteiger partial charge on any atom is -0.456 e. The highest BCUT2D eigenvalue weighted by atomic mass is 16.3.